The summed E-state index contributed by atoms with van der Waals surface area (Å²) in [5.41, 5.74) is 6.53. The Morgan fingerprint density at radius 3 is 2.96 bits per heavy atom. The zero-order chi connectivity index (χ0) is 18.1. The van der Waals surface area contributed by atoms with Crippen molar-refractivity contribution in [2.45, 2.75) is 33.4 Å². The lowest BCUT2D eigenvalue weighted by Gasteiger charge is -2.14. The van der Waals surface area contributed by atoms with E-state index in [0.717, 1.165) is 46.9 Å². The van der Waals surface area contributed by atoms with Crippen molar-refractivity contribution < 1.29 is 4.79 Å². The topological polar surface area (TPSA) is 87.6 Å². The van der Waals surface area contributed by atoms with Crippen LogP contribution in [0.2, 0.25) is 0 Å². The molecule has 0 saturated heterocycles. The maximum atomic E-state index is 12.6. The first-order valence-corrected chi connectivity index (χ1v) is 8.80. The van der Waals surface area contributed by atoms with Gasteiger partial charge in [-0.3, -0.25) is 9.89 Å². The third kappa shape index (κ3) is 3.01. The zero-order valence-electron chi connectivity index (χ0n) is 15.0. The molecule has 0 bridgehead atoms. The number of hydrogen-bond donors (Lipinski definition) is 3. The van der Waals surface area contributed by atoms with Gasteiger partial charge in [0.05, 0.1) is 11.4 Å². The van der Waals surface area contributed by atoms with Gasteiger partial charge in [-0.2, -0.15) is 10.2 Å². The molecule has 2 aromatic heterocycles. The Labute approximate surface area is 151 Å². The summed E-state index contributed by atoms with van der Waals surface area (Å²) in [5.74, 6) is -0.158. The Bertz CT molecular complexity index is 955. The summed E-state index contributed by atoms with van der Waals surface area (Å²) in [6.45, 7) is 6.01. The number of H-pyrrole nitrogens is 1. The lowest BCUT2D eigenvalue weighted by Crippen LogP contribution is -2.28. The molecule has 3 aromatic rings. The maximum Gasteiger partial charge on any atom is 0.272 e. The molecule has 3 heterocycles. The second kappa shape index (κ2) is 6.76. The Morgan fingerprint density at radius 1 is 1.31 bits per heavy atom. The quantitative estimate of drug-likeness (QED) is 0.669. The Hall–Kier alpha value is -2.93. The summed E-state index contributed by atoms with van der Waals surface area (Å²) < 4.78 is 1.91. The minimum Gasteiger partial charge on any atom is -0.346 e. The van der Waals surface area contributed by atoms with E-state index in [2.05, 4.69) is 25.9 Å². The summed E-state index contributed by atoms with van der Waals surface area (Å²) in [6, 6.07) is 10.0. The van der Waals surface area contributed by atoms with Crippen molar-refractivity contribution in [2.75, 3.05) is 6.54 Å². The predicted molar refractivity (Wildman–Crippen MR) is 98.2 cm³/mol. The van der Waals surface area contributed by atoms with Gasteiger partial charge in [0.1, 0.15) is 0 Å². The van der Waals surface area contributed by atoms with Crippen molar-refractivity contribution >= 4 is 5.91 Å². The molecule has 1 aliphatic rings. The molecule has 0 radical (unpaired) electrons. The third-order valence-electron chi connectivity index (χ3n) is 4.69. The van der Waals surface area contributed by atoms with Crippen LogP contribution in [-0.4, -0.2) is 32.4 Å². The molecular formula is C19H22N6O. The Balaban J connectivity index is 1.55. The molecule has 0 fully saturated rings. The molecule has 4 rings (SSSR count). The molecule has 0 atom stereocenters. The van der Waals surface area contributed by atoms with Crippen LogP contribution in [0.5, 0.6) is 0 Å². The molecule has 0 aliphatic carbocycles. The van der Waals surface area contributed by atoms with E-state index in [1.54, 1.807) is 0 Å². The highest BCUT2D eigenvalue weighted by atomic mass is 16.1. The summed E-state index contributed by atoms with van der Waals surface area (Å²) in [4.78, 5) is 12.6. The van der Waals surface area contributed by atoms with Gasteiger partial charge in [0.15, 0.2) is 5.69 Å². The number of aromatic nitrogens is 4. The highest BCUT2D eigenvalue weighted by Crippen LogP contribution is 2.18. The number of aryl methyl sites for hydroxylation is 2. The van der Waals surface area contributed by atoms with Crippen LogP contribution in [0.3, 0.4) is 0 Å². The highest BCUT2D eigenvalue weighted by molar-refractivity contribution is 5.94. The standard InChI is InChI=1S/C19H22N6O/c1-12-9-13(2)25(24-12)17-6-4-3-5-14(17)10-21-19(26)18-15-11-20-8-7-16(15)22-23-18/h3-6,9,20H,7-8,10-11H2,1-2H3,(H,21,26)(H,22,23). The third-order valence-corrected chi connectivity index (χ3v) is 4.69. The number of fused-ring (bicyclic) bond motifs is 1. The number of para-hydroxylation sites is 1. The number of aromatic amines is 1. The van der Waals surface area contributed by atoms with E-state index in [4.69, 9.17) is 0 Å². The molecule has 3 N–H and O–H groups in total. The van der Waals surface area contributed by atoms with Gasteiger partial charge < -0.3 is 10.6 Å². The number of carbonyl (C=O) groups is 1. The molecule has 1 amide bonds. The van der Waals surface area contributed by atoms with Crippen LogP contribution in [0, 0.1) is 13.8 Å². The molecular weight excluding hydrogens is 328 g/mol. The van der Waals surface area contributed by atoms with Crippen LogP contribution in [0.15, 0.2) is 30.3 Å². The number of nitrogens with zero attached hydrogens (tertiary/aromatic N) is 3. The normalized spacial score (nSPS) is 13.5. The Kier molecular flexibility index (Phi) is 4.30. The largest absolute Gasteiger partial charge is 0.346 e. The number of amides is 1. The molecule has 1 aliphatic heterocycles. The van der Waals surface area contributed by atoms with E-state index >= 15 is 0 Å². The van der Waals surface area contributed by atoms with Gasteiger partial charge >= 0.3 is 0 Å². The fourth-order valence-corrected chi connectivity index (χ4v) is 3.41. The van der Waals surface area contributed by atoms with Crippen molar-refractivity contribution in [1.29, 1.82) is 0 Å². The SMILES string of the molecule is Cc1cc(C)n(-c2ccccc2CNC(=O)c2n[nH]c3c2CNCC3)n1. The van der Waals surface area contributed by atoms with Gasteiger partial charge in [-0.05, 0) is 31.5 Å². The van der Waals surface area contributed by atoms with Crippen molar-refractivity contribution in [3.05, 3.63) is 64.2 Å². The van der Waals surface area contributed by atoms with Crippen LogP contribution >= 0.6 is 0 Å². The molecule has 0 unspecified atom stereocenters. The van der Waals surface area contributed by atoms with Crippen molar-refractivity contribution in [1.82, 2.24) is 30.6 Å². The first-order valence-electron chi connectivity index (χ1n) is 8.80. The second-order valence-electron chi connectivity index (χ2n) is 6.61. The molecule has 7 nitrogen and oxygen atoms in total. The lowest BCUT2D eigenvalue weighted by atomic mass is 10.1. The van der Waals surface area contributed by atoms with Crippen LogP contribution in [0.4, 0.5) is 0 Å². The van der Waals surface area contributed by atoms with Crippen molar-refractivity contribution in [2.24, 2.45) is 0 Å². The first-order chi connectivity index (χ1) is 12.6. The van der Waals surface area contributed by atoms with Gasteiger partial charge in [0.25, 0.3) is 5.91 Å². The average molecular weight is 350 g/mol. The van der Waals surface area contributed by atoms with Gasteiger partial charge in [-0.25, -0.2) is 4.68 Å². The summed E-state index contributed by atoms with van der Waals surface area (Å²) in [5, 5.41) is 18.0. The van der Waals surface area contributed by atoms with Crippen molar-refractivity contribution in [3.63, 3.8) is 0 Å². The molecule has 0 saturated carbocycles. The maximum absolute atomic E-state index is 12.6. The first kappa shape index (κ1) is 16.5. The fourth-order valence-electron chi connectivity index (χ4n) is 3.41. The van der Waals surface area contributed by atoms with Crippen molar-refractivity contribution in [3.8, 4) is 5.69 Å². The summed E-state index contributed by atoms with van der Waals surface area (Å²) in [6.07, 6.45) is 0.871. The number of nitrogens with one attached hydrogen (secondary N) is 3. The summed E-state index contributed by atoms with van der Waals surface area (Å²) >= 11 is 0. The highest BCUT2D eigenvalue weighted by Gasteiger charge is 2.21. The summed E-state index contributed by atoms with van der Waals surface area (Å²) in [7, 11) is 0. The molecule has 0 spiro atoms. The number of carbonyl (C=O) groups excluding carboxylic acids is 1. The second-order valence-corrected chi connectivity index (χ2v) is 6.61. The van der Waals surface area contributed by atoms with Gasteiger partial charge in [0.2, 0.25) is 0 Å². The van der Waals surface area contributed by atoms with Gasteiger partial charge in [-0.1, -0.05) is 18.2 Å². The molecule has 1 aromatic carbocycles. The number of benzene rings is 1. The number of hydrogen-bond acceptors (Lipinski definition) is 4. The van der Waals surface area contributed by atoms with E-state index < -0.39 is 0 Å². The average Bonchev–Trinajstić information content (AvgIpc) is 3.22. The van der Waals surface area contributed by atoms with Gasteiger partial charge in [-0.15, -0.1) is 0 Å². The van der Waals surface area contributed by atoms with E-state index in [1.807, 2.05) is 48.9 Å². The molecule has 7 heteroatoms. The minimum atomic E-state index is -0.158. The number of rotatable bonds is 4. The van der Waals surface area contributed by atoms with E-state index in [1.165, 1.54) is 0 Å². The Morgan fingerprint density at radius 2 is 2.15 bits per heavy atom. The monoisotopic (exact) mass is 350 g/mol. The minimum absolute atomic E-state index is 0.158. The van der Waals surface area contributed by atoms with E-state index in [9.17, 15) is 4.79 Å². The van der Waals surface area contributed by atoms with Gasteiger partial charge in [0, 0.05) is 43.0 Å². The van der Waals surface area contributed by atoms with E-state index in [0.29, 0.717) is 18.8 Å². The van der Waals surface area contributed by atoms with Crippen LogP contribution in [-0.2, 0) is 19.5 Å². The molecule has 134 valence electrons. The smallest absolute Gasteiger partial charge is 0.272 e. The predicted octanol–water partition coefficient (Wildman–Crippen LogP) is 1.79. The van der Waals surface area contributed by atoms with Crippen LogP contribution in [0.1, 0.15) is 38.7 Å². The lowest BCUT2D eigenvalue weighted by molar-refractivity contribution is 0.0944. The van der Waals surface area contributed by atoms with Crippen LogP contribution < -0.4 is 10.6 Å². The van der Waals surface area contributed by atoms with Crippen LogP contribution in [0.25, 0.3) is 5.69 Å². The zero-order valence-corrected chi connectivity index (χ0v) is 15.0. The molecule has 26 heavy (non-hydrogen) atoms. The van der Waals surface area contributed by atoms with E-state index in [-0.39, 0.29) is 5.91 Å². The fraction of sp³-hybridized carbons (Fsp3) is 0.316.